The van der Waals surface area contributed by atoms with Gasteiger partial charge in [-0.2, -0.15) is 0 Å². The third kappa shape index (κ3) is 3.58. The number of amides is 1. The molecule has 1 aromatic heterocycles. The van der Waals surface area contributed by atoms with Gasteiger partial charge in [0.25, 0.3) is 0 Å². The Balaban J connectivity index is 1.50. The lowest BCUT2D eigenvalue weighted by atomic mass is 10.0. The van der Waals surface area contributed by atoms with Gasteiger partial charge in [0.05, 0.1) is 17.4 Å². The Bertz CT molecular complexity index is 624. The van der Waals surface area contributed by atoms with E-state index in [-0.39, 0.29) is 29.4 Å². The van der Waals surface area contributed by atoms with E-state index in [2.05, 4.69) is 4.98 Å². The minimum atomic E-state index is -3.01. The van der Waals surface area contributed by atoms with E-state index in [1.165, 1.54) is 0 Å². The van der Waals surface area contributed by atoms with E-state index in [9.17, 15) is 13.2 Å². The van der Waals surface area contributed by atoms with Crippen LogP contribution in [0.3, 0.4) is 0 Å². The van der Waals surface area contributed by atoms with Crippen molar-refractivity contribution in [2.45, 2.75) is 25.4 Å². The fourth-order valence-electron chi connectivity index (χ4n) is 3.05. The highest BCUT2D eigenvalue weighted by atomic mass is 32.2. The van der Waals surface area contributed by atoms with Crippen molar-refractivity contribution in [3.05, 3.63) is 24.5 Å². The van der Waals surface area contributed by atoms with Crippen LogP contribution in [0.4, 0.5) is 0 Å². The molecule has 0 bridgehead atoms. The fourth-order valence-corrected chi connectivity index (χ4v) is 4.78. The van der Waals surface area contributed by atoms with Crippen molar-refractivity contribution in [2.24, 2.45) is 5.92 Å². The minimum absolute atomic E-state index is 0.0107. The Hall–Kier alpha value is -1.63. The zero-order valence-electron chi connectivity index (χ0n) is 12.3. The summed E-state index contributed by atoms with van der Waals surface area (Å²) in [7, 11) is -3.01. The van der Waals surface area contributed by atoms with Crippen LogP contribution in [0.25, 0.3) is 0 Å². The fraction of sp³-hybridized carbons (Fsp3) is 0.600. The Morgan fingerprint density at radius 3 is 2.45 bits per heavy atom. The zero-order chi connectivity index (χ0) is 15.6. The summed E-state index contributed by atoms with van der Waals surface area (Å²) in [4.78, 5) is 18.1. The molecule has 7 heteroatoms. The first-order chi connectivity index (χ1) is 10.5. The molecule has 2 aliphatic rings. The van der Waals surface area contributed by atoms with E-state index in [4.69, 9.17) is 4.74 Å². The number of pyridine rings is 1. The van der Waals surface area contributed by atoms with Crippen molar-refractivity contribution in [3.8, 4) is 5.75 Å². The normalized spacial score (nSPS) is 25.1. The largest absolute Gasteiger partial charge is 0.490 e. The Kier molecular flexibility index (Phi) is 4.33. The molecule has 0 saturated carbocycles. The summed E-state index contributed by atoms with van der Waals surface area (Å²) in [6.45, 7) is 1.26. The van der Waals surface area contributed by atoms with E-state index >= 15 is 0 Å². The second-order valence-electron chi connectivity index (χ2n) is 5.93. The van der Waals surface area contributed by atoms with Gasteiger partial charge in [-0.3, -0.25) is 9.78 Å². The molecule has 0 radical (unpaired) electrons. The molecule has 3 heterocycles. The van der Waals surface area contributed by atoms with Crippen LogP contribution in [0.2, 0.25) is 0 Å². The molecule has 1 aromatic rings. The SMILES string of the molecule is O=C(C1CCS(=O)(=O)C1)N1CCC(Oc2ccncc2)CC1. The van der Waals surface area contributed by atoms with E-state index in [0.29, 0.717) is 19.5 Å². The summed E-state index contributed by atoms with van der Waals surface area (Å²) >= 11 is 0. The van der Waals surface area contributed by atoms with Crippen LogP contribution in [0.15, 0.2) is 24.5 Å². The van der Waals surface area contributed by atoms with Crippen LogP contribution >= 0.6 is 0 Å². The number of hydrogen-bond donors (Lipinski definition) is 0. The summed E-state index contributed by atoms with van der Waals surface area (Å²) in [6, 6.07) is 3.64. The third-order valence-electron chi connectivity index (χ3n) is 4.29. The summed E-state index contributed by atoms with van der Waals surface area (Å²) in [5.74, 6) is 0.595. The van der Waals surface area contributed by atoms with Gasteiger partial charge in [0.2, 0.25) is 5.91 Å². The molecule has 120 valence electrons. The van der Waals surface area contributed by atoms with E-state index in [0.717, 1.165) is 18.6 Å². The van der Waals surface area contributed by atoms with Crippen molar-refractivity contribution < 1.29 is 17.9 Å². The topological polar surface area (TPSA) is 76.6 Å². The number of likely N-dealkylation sites (tertiary alicyclic amines) is 1. The maximum Gasteiger partial charge on any atom is 0.226 e. The zero-order valence-corrected chi connectivity index (χ0v) is 13.2. The lowest BCUT2D eigenvalue weighted by Gasteiger charge is -2.33. The summed E-state index contributed by atoms with van der Waals surface area (Å²) in [5, 5.41) is 0. The number of piperidine rings is 1. The number of aromatic nitrogens is 1. The van der Waals surface area contributed by atoms with Crippen molar-refractivity contribution in [1.82, 2.24) is 9.88 Å². The molecular weight excluding hydrogens is 304 g/mol. The van der Waals surface area contributed by atoms with Gasteiger partial charge in [0, 0.05) is 38.3 Å². The molecule has 2 aliphatic heterocycles. The van der Waals surface area contributed by atoms with Gasteiger partial charge >= 0.3 is 0 Å². The van der Waals surface area contributed by atoms with Gasteiger partial charge < -0.3 is 9.64 Å². The maximum absolute atomic E-state index is 12.4. The molecule has 2 saturated heterocycles. The average Bonchev–Trinajstić information content (AvgIpc) is 2.88. The lowest BCUT2D eigenvalue weighted by molar-refractivity contribution is -0.136. The highest BCUT2D eigenvalue weighted by Crippen LogP contribution is 2.24. The minimum Gasteiger partial charge on any atom is -0.490 e. The monoisotopic (exact) mass is 324 g/mol. The second-order valence-corrected chi connectivity index (χ2v) is 8.15. The standard InChI is InChI=1S/C15H20N2O4S/c18-15(12-5-10-22(19,20)11-12)17-8-3-14(4-9-17)21-13-1-6-16-7-2-13/h1-2,6-7,12,14H,3-5,8-11H2. The molecule has 0 aliphatic carbocycles. The number of nitrogens with zero attached hydrogens (tertiary/aromatic N) is 2. The van der Waals surface area contributed by atoms with Gasteiger partial charge in [0.1, 0.15) is 11.9 Å². The number of ether oxygens (including phenoxy) is 1. The predicted molar refractivity (Wildman–Crippen MR) is 81.2 cm³/mol. The molecule has 3 rings (SSSR count). The average molecular weight is 324 g/mol. The van der Waals surface area contributed by atoms with Crippen molar-refractivity contribution in [1.29, 1.82) is 0 Å². The first-order valence-electron chi connectivity index (χ1n) is 7.59. The number of carbonyl (C=O) groups is 1. The summed E-state index contributed by atoms with van der Waals surface area (Å²) in [6.07, 6.45) is 5.48. The van der Waals surface area contributed by atoms with Crippen LogP contribution in [0.1, 0.15) is 19.3 Å². The van der Waals surface area contributed by atoms with E-state index in [1.807, 2.05) is 12.1 Å². The molecule has 6 nitrogen and oxygen atoms in total. The van der Waals surface area contributed by atoms with Crippen molar-refractivity contribution in [3.63, 3.8) is 0 Å². The quantitative estimate of drug-likeness (QED) is 0.825. The van der Waals surface area contributed by atoms with Crippen LogP contribution in [-0.4, -0.2) is 54.9 Å². The van der Waals surface area contributed by atoms with E-state index < -0.39 is 9.84 Å². The van der Waals surface area contributed by atoms with Crippen LogP contribution in [-0.2, 0) is 14.6 Å². The molecule has 0 aromatic carbocycles. The molecule has 2 fully saturated rings. The van der Waals surface area contributed by atoms with Crippen LogP contribution in [0.5, 0.6) is 5.75 Å². The van der Waals surface area contributed by atoms with Gasteiger partial charge in [-0.1, -0.05) is 0 Å². The Labute approximate surface area is 130 Å². The number of rotatable bonds is 3. The molecule has 0 N–H and O–H groups in total. The molecule has 0 spiro atoms. The molecule has 22 heavy (non-hydrogen) atoms. The van der Waals surface area contributed by atoms with Gasteiger partial charge in [-0.15, -0.1) is 0 Å². The predicted octanol–water partition coefficient (Wildman–Crippen LogP) is 0.886. The van der Waals surface area contributed by atoms with Crippen LogP contribution < -0.4 is 4.74 Å². The molecule has 1 amide bonds. The first-order valence-corrected chi connectivity index (χ1v) is 9.41. The van der Waals surface area contributed by atoms with Crippen molar-refractivity contribution >= 4 is 15.7 Å². The van der Waals surface area contributed by atoms with Gasteiger partial charge in [-0.25, -0.2) is 8.42 Å². The molecule has 1 unspecified atom stereocenters. The van der Waals surface area contributed by atoms with E-state index in [1.54, 1.807) is 17.3 Å². The Morgan fingerprint density at radius 1 is 1.18 bits per heavy atom. The Morgan fingerprint density at radius 2 is 1.86 bits per heavy atom. The highest BCUT2D eigenvalue weighted by molar-refractivity contribution is 7.91. The van der Waals surface area contributed by atoms with Gasteiger partial charge in [0.15, 0.2) is 9.84 Å². The second kappa shape index (κ2) is 6.24. The maximum atomic E-state index is 12.4. The number of carbonyl (C=O) groups excluding carboxylic acids is 1. The number of hydrogen-bond acceptors (Lipinski definition) is 5. The smallest absolute Gasteiger partial charge is 0.226 e. The number of sulfone groups is 1. The summed E-state index contributed by atoms with van der Waals surface area (Å²) in [5.41, 5.74) is 0. The highest BCUT2D eigenvalue weighted by Gasteiger charge is 2.36. The lowest BCUT2D eigenvalue weighted by Crippen LogP contribution is -2.44. The first kappa shape index (κ1) is 15.3. The third-order valence-corrected chi connectivity index (χ3v) is 6.06. The van der Waals surface area contributed by atoms with Gasteiger partial charge in [-0.05, 0) is 18.6 Å². The molecular formula is C15H20N2O4S. The molecule has 1 atom stereocenters. The van der Waals surface area contributed by atoms with Crippen molar-refractivity contribution in [2.75, 3.05) is 24.6 Å². The summed E-state index contributed by atoms with van der Waals surface area (Å²) < 4.78 is 28.8. The van der Waals surface area contributed by atoms with Crippen LogP contribution in [0, 0.1) is 5.92 Å².